The minimum Gasteiger partial charge on any atom is -0.508 e. The molecule has 3 aromatic carbocycles. The Bertz CT molecular complexity index is 1410. The quantitative estimate of drug-likeness (QED) is 0.420. The van der Waals surface area contributed by atoms with Gasteiger partial charge < -0.3 is 15.1 Å². The summed E-state index contributed by atoms with van der Waals surface area (Å²) in [7, 11) is 0. The molecule has 1 amide bonds. The van der Waals surface area contributed by atoms with Crippen LogP contribution in [0.1, 0.15) is 46.9 Å². The maximum absolute atomic E-state index is 14.4. The first kappa shape index (κ1) is 29.7. The molecule has 9 heteroatoms. The van der Waals surface area contributed by atoms with Gasteiger partial charge in [0.2, 0.25) is 0 Å². The summed E-state index contributed by atoms with van der Waals surface area (Å²) < 4.78 is 14.4. The van der Waals surface area contributed by atoms with Crippen molar-refractivity contribution < 1.29 is 24.2 Å². The SMILES string of the molecule is C[C@@H]1CN([C@@H](c2cccc(O)c2)c2cccc(C(=O)N3CCN(CC(=O)O)CC3)c2)[C@@H](C)CN1Cc1ccccc1F. The molecule has 2 aliphatic heterocycles. The Balaban J connectivity index is 1.39. The van der Waals surface area contributed by atoms with Gasteiger partial charge in [0.25, 0.3) is 5.91 Å². The molecule has 2 saturated heterocycles. The fraction of sp³-hybridized carbons (Fsp3) is 0.394. The highest BCUT2D eigenvalue weighted by Gasteiger charge is 2.35. The molecule has 3 atom stereocenters. The lowest BCUT2D eigenvalue weighted by atomic mass is 9.92. The number of rotatable bonds is 8. The van der Waals surface area contributed by atoms with E-state index in [9.17, 15) is 19.1 Å². The molecular formula is C33H39FN4O4. The highest BCUT2D eigenvalue weighted by atomic mass is 19.1. The third kappa shape index (κ3) is 6.81. The van der Waals surface area contributed by atoms with Crippen LogP contribution in [0.3, 0.4) is 0 Å². The van der Waals surface area contributed by atoms with Crippen molar-refractivity contribution >= 4 is 11.9 Å². The lowest BCUT2D eigenvalue weighted by Gasteiger charge is -2.47. The number of hydrogen-bond donors (Lipinski definition) is 2. The molecule has 2 N–H and O–H groups in total. The minimum absolute atomic E-state index is 0.0206. The molecule has 222 valence electrons. The number of carbonyl (C=O) groups is 2. The highest BCUT2D eigenvalue weighted by Crippen LogP contribution is 2.35. The number of aromatic hydroxyl groups is 1. The van der Waals surface area contributed by atoms with Crippen LogP contribution in [-0.2, 0) is 11.3 Å². The van der Waals surface area contributed by atoms with Gasteiger partial charge in [0.05, 0.1) is 12.6 Å². The largest absolute Gasteiger partial charge is 0.508 e. The molecule has 0 spiro atoms. The average Bonchev–Trinajstić information content (AvgIpc) is 2.97. The molecule has 0 bridgehead atoms. The van der Waals surface area contributed by atoms with Gasteiger partial charge in [-0.3, -0.25) is 24.3 Å². The van der Waals surface area contributed by atoms with E-state index in [2.05, 4.69) is 23.6 Å². The number of piperazine rings is 2. The molecule has 0 aromatic heterocycles. The Morgan fingerprint density at radius 3 is 2.26 bits per heavy atom. The third-order valence-electron chi connectivity index (χ3n) is 8.48. The van der Waals surface area contributed by atoms with Crippen molar-refractivity contribution in [2.75, 3.05) is 45.8 Å². The van der Waals surface area contributed by atoms with Crippen LogP contribution in [0.5, 0.6) is 5.75 Å². The molecule has 0 radical (unpaired) electrons. The summed E-state index contributed by atoms with van der Waals surface area (Å²) in [6.45, 7) is 8.30. The molecule has 2 heterocycles. The summed E-state index contributed by atoms with van der Waals surface area (Å²) in [5.41, 5.74) is 3.16. The zero-order chi connectivity index (χ0) is 29.8. The fourth-order valence-corrected chi connectivity index (χ4v) is 6.25. The maximum atomic E-state index is 14.4. The second-order valence-electron chi connectivity index (χ2n) is 11.5. The monoisotopic (exact) mass is 574 g/mol. The van der Waals surface area contributed by atoms with Gasteiger partial charge in [-0.25, -0.2) is 4.39 Å². The van der Waals surface area contributed by atoms with E-state index in [0.29, 0.717) is 43.9 Å². The Hall–Kier alpha value is -3.79. The first-order chi connectivity index (χ1) is 20.2. The number of carbonyl (C=O) groups excluding carboxylic acids is 1. The van der Waals surface area contributed by atoms with Crippen molar-refractivity contribution in [2.24, 2.45) is 0 Å². The van der Waals surface area contributed by atoms with Crippen molar-refractivity contribution in [3.63, 3.8) is 0 Å². The first-order valence-electron chi connectivity index (χ1n) is 14.5. The summed E-state index contributed by atoms with van der Waals surface area (Å²) >= 11 is 0. The second-order valence-corrected chi connectivity index (χ2v) is 11.5. The first-order valence-corrected chi connectivity index (χ1v) is 14.5. The van der Waals surface area contributed by atoms with Crippen molar-refractivity contribution in [1.29, 1.82) is 0 Å². The predicted octanol–water partition coefficient (Wildman–Crippen LogP) is 4.06. The van der Waals surface area contributed by atoms with Crippen molar-refractivity contribution in [3.8, 4) is 5.75 Å². The van der Waals surface area contributed by atoms with Crippen LogP contribution >= 0.6 is 0 Å². The van der Waals surface area contributed by atoms with Gasteiger partial charge in [-0.05, 0) is 55.3 Å². The number of carboxylic acid groups (broad SMARTS) is 1. The lowest BCUT2D eigenvalue weighted by molar-refractivity contribution is -0.138. The van der Waals surface area contributed by atoms with E-state index in [1.54, 1.807) is 23.1 Å². The topological polar surface area (TPSA) is 87.6 Å². The molecule has 5 rings (SSSR count). The molecule has 8 nitrogen and oxygen atoms in total. The third-order valence-corrected chi connectivity index (χ3v) is 8.48. The summed E-state index contributed by atoms with van der Waals surface area (Å²) in [4.78, 5) is 32.9. The van der Waals surface area contributed by atoms with E-state index in [4.69, 9.17) is 5.11 Å². The zero-order valence-electron chi connectivity index (χ0n) is 24.2. The number of nitrogens with zero attached hydrogens (tertiary/aromatic N) is 4. The summed E-state index contributed by atoms with van der Waals surface area (Å²) in [6.07, 6.45) is 0. The number of phenols is 1. The van der Waals surface area contributed by atoms with E-state index in [1.165, 1.54) is 6.07 Å². The van der Waals surface area contributed by atoms with E-state index in [-0.39, 0.29) is 42.1 Å². The van der Waals surface area contributed by atoms with Gasteiger partial charge in [-0.15, -0.1) is 0 Å². The standard InChI is InChI=1S/C33H39FN4O4/c1-23-20-38(24(2)19-37(23)21-28-7-3-4-12-30(28)34)32(26-9-6-11-29(39)18-26)25-8-5-10-27(17-25)33(42)36-15-13-35(14-16-36)22-31(40)41/h3-12,17-18,23-24,32,39H,13-16,19-22H2,1-2H3,(H,40,41)/t23-,24+,32-/m1/s1. The number of aliphatic carboxylic acids is 1. The summed E-state index contributed by atoms with van der Waals surface area (Å²) in [5.74, 6) is -0.945. The number of carboxylic acids is 1. The van der Waals surface area contributed by atoms with Crippen molar-refractivity contribution in [2.45, 2.75) is 38.5 Å². The molecule has 0 saturated carbocycles. The van der Waals surface area contributed by atoms with Gasteiger partial charge in [-0.1, -0.05) is 42.5 Å². The van der Waals surface area contributed by atoms with Crippen molar-refractivity contribution in [1.82, 2.24) is 19.6 Å². The van der Waals surface area contributed by atoms with Gasteiger partial charge >= 0.3 is 5.97 Å². The molecule has 2 aliphatic rings. The van der Waals surface area contributed by atoms with Crippen LogP contribution in [0, 0.1) is 5.82 Å². The van der Waals surface area contributed by atoms with Crippen LogP contribution in [0.2, 0.25) is 0 Å². The van der Waals surface area contributed by atoms with Crippen LogP contribution in [0.25, 0.3) is 0 Å². The Morgan fingerprint density at radius 1 is 0.881 bits per heavy atom. The predicted molar refractivity (Wildman–Crippen MR) is 159 cm³/mol. The van der Waals surface area contributed by atoms with Crippen LogP contribution in [0.4, 0.5) is 4.39 Å². The van der Waals surface area contributed by atoms with Gasteiger partial charge in [-0.2, -0.15) is 0 Å². The molecule has 42 heavy (non-hydrogen) atoms. The van der Waals surface area contributed by atoms with Crippen LogP contribution in [0.15, 0.2) is 72.8 Å². The van der Waals surface area contributed by atoms with E-state index >= 15 is 0 Å². The normalized spacial score (nSPS) is 21.3. The summed E-state index contributed by atoms with van der Waals surface area (Å²) in [6, 6.07) is 22.0. The number of benzene rings is 3. The molecule has 2 fully saturated rings. The molecule has 3 aromatic rings. The van der Waals surface area contributed by atoms with E-state index < -0.39 is 5.97 Å². The van der Waals surface area contributed by atoms with E-state index in [1.807, 2.05) is 53.4 Å². The fourth-order valence-electron chi connectivity index (χ4n) is 6.25. The van der Waals surface area contributed by atoms with Crippen LogP contribution in [-0.4, -0.2) is 99.6 Å². The number of amides is 1. The Labute approximate surface area is 246 Å². The van der Waals surface area contributed by atoms with Gasteiger partial charge in [0.1, 0.15) is 11.6 Å². The summed E-state index contributed by atoms with van der Waals surface area (Å²) in [5, 5.41) is 19.5. The number of halogens is 1. The second kappa shape index (κ2) is 13.0. The number of hydrogen-bond acceptors (Lipinski definition) is 6. The van der Waals surface area contributed by atoms with Gasteiger partial charge in [0, 0.05) is 69.0 Å². The smallest absolute Gasteiger partial charge is 0.317 e. The highest BCUT2D eigenvalue weighted by molar-refractivity contribution is 5.94. The molecule has 0 aliphatic carbocycles. The van der Waals surface area contributed by atoms with Gasteiger partial charge in [0.15, 0.2) is 0 Å². The lowest BCUT2D eigenvalue weighted by Crippen LogP contribution is -2.56. The minimum atomic E-state index is -0.864. The molecule has 0 unspecified atom stereocenters. The zero-order valence-corrected chi connectivity index (χ0v) is 24.2. The average molecular weight is 575 g/mol. The maximum Gasteiger partial charge on any atom is 0.317 e. The Kier molecular flexibility index (Phi) is 9.21. The van der Waals surface area contributed by atoms with E-state index in [0.717, 1.165) is 24.2 Å². The Morgan fingerprint density at radius 2 is 1.57 bits per heavy atom. The van der Waals surface area contributed by atoms with Crippen molar-refractivity contribution in [3.05, 3.63) is 101 Å². The van der Waals surface area contributed by atoms with Crippen LogP contribution < -0.4 is 0 Å². The number of phenolic OH excluding ortho intramolecular Hbond substituents is 1. The molecular weight excluding hydrogens is 535 g/mol.